The van der Waals surface area contributed by atoms with E-state index in [-0.39, 0.29) is 18.2 Å². The molecule has 0 unspecified atom stereocenters. The number of hydrazone groups is 1. The molecular weight excluding hydrogens is 352 g/mol. The molecule has 0 aliphatic rings. The van der Waals surface area contributed by atoms with Crippen molar-refractivity contribution in [3.8, 4) is 0 Å². The first kappa shape index (κ1) is 19.5. The molecule has 0 radical (unpaired) electrons. The fraction of sp³-hybridized carbons (Fsp3) is 0.353. The maximum atomic E-state index is 11.9. The zero-order chi connectivity index (χ0) is 18.9. The van der Waals surface area contributed by atoms with Crippen LogP contribution in [0.2, 0.25) is 0 Å². The van der Waals surface area contributed by atoms with Gasteiger partial charge in [-0.25, -0.2) is 5.43 Å². The van der Waals surface area contributed by atoms with E-state index in [9.17, 15) is 9.59 Å². The zero-order valence-corrected chi connectivity index (χ0v) is 15.8. The first-order valence-electron chi connectivity index (χ1n) is 8.19. The highest BCUT2D eigenvalue weighted by molar-refractivity contribution is 7.15. The summed E-state index contributed by atoms with van der Waals surface area (Å²) in [5, 5.41) is 15.3. The second kappa shape index (κ2) is 9.62. The molecule has 0 spiro atoms. The number of rotatable bonds is 8. The molecule has 1 aromatic heterocycles. The summed E-state index contributed by atoms with van der Waals surface area (Å²) in [5.74, 6) is -0.404. The van der Waals surface area contributed by atoms with Crippen molar-refractivity contribution < 1.29 is 9.59 Å². The number of nitrogens with one attached hydrogen (secondary N) is 2. The van der Waals surface area contributed by atoms with Crippen molar-refractivity contribution >= 4 is 40.2 Å². The molecule has 2 N–H and O–H groups in total. The Labute approximate surface area is 156 Å². The molecule has 0 aliphatic carbocycles. The quantitative estimate of drug-likeness (QED) is 0.544. The Hall–Kier alpha value is -2.81. The summed E-state index contributed by atoms with van der Waals surface area (Å²) < 4.78 is 0. The normalized spacial score (nSPS) is 10.7. The van der Waals surface area contributed by atoms with Crippen LogP contribution in [0.25, 0.3) is 0 Å². The van der Waals surface area contributed by atoms with Crippen LogP contribution < -0.4 is 15.6 Å². The minimum atomic E-state index is -0.297. The van der Waals surface area contributed by atoms with Gasteiger partial charge >= 0.3 is 0 Å². The number of anilines is 2. The van der Waals surface area contributed by atoms with Gasteiger partial charge in [-0.05, 0) is 24.1 Å². The maximum Gasteiger partial charge on any atom is 0.247 e. The van der Waals surface area contributed by atoms with Crippen molar-refractivity contribution in [2.45, 2.75) is 26.2 Å². The highest BCUT2D eigenvalue weighted by Crippen LogP contribution is 2.16. The molecule has 26 heavy (non-hydrogen) atoms. The van der Waals surface area contributed by atoms with Crippen molar-refractivity contribution in [2.24, 2.45) is 5.10 Å². The molecule has 138 valence electrons. The van der Waals surface area contributed by atoms with Crippen LogP contribution in [0.3, 0.4) is 0 Å². The lowest BCUT2D eigenvalue weighted by Crippen LogP contribution is -2.19. The van der Waals surface area contributed by atoms with Crippen molar-refractivity contribution in [2.75, 3.05) is 24.3 Å². The minimum Gasteiger partial charge on any atom is -0.378 e. The number of benzene rings is 1. The topological polar surface area (TPSA) is 99.6 Å². The second-order valence-electron chi connectivity index (χ2n) is 5.76. The van der Waals surface area contributed by atoms with Crippen LogP contribution in [0.15, 0.2) is 29.4 Å². The molecule has 1 aromatic carbocycles. The fourth-order valence-corrected chi connectivity index (χ4v) is 2.75. The number of hydrogen-bond donors (Lipinski definition) is 2. The van der Waals surface area contributed by atoms with Gasteiger partial charge in [0.05, 0.1) is 12.6 Å². The average Bonchev–Trinajstić information content (AvgIpc) is 3.02. The number of hydrogen-bond acceptors (Lipinski definition) is 7. The zero-order valence-electron chi connectivity index (χ0n) is 15.0. The Morgan fingerprint density at radius 1 is 1.19 bits per heavy atom. The molecule has 0 saturated carbocycles. The van der Waals surface area contributed by atoms with E-state index in [1.807, 2.05) is 50.2 Å². The monoisotopic (exact) mass is 374 g/mol. The van der Waals surface area contributed by atoms with E-state index in [0.717, 1.165) is 17.7 Å². The van der Waals surface area contributed by atoms with Crippen LogP contribution in [0.4, 0.5) is 10.8 Å². The van der Waals surface area contributed by atoms with Crippen molar-refractivity contribution in [3.05, 3.63) is 34.8 Å². The van der Waals surface area contributed by atoms with Crippen molar-refractivity contribution in [1.82, 2.24) is 15.6 Å². The van der Waals surface area contributed by atoms with Crippen LogP contribution in [0.5, 0.6) is 0 Å². The lowest BCUT2D eigenvalue weighted by molar-refractivity contribution is -0.120. The van der Waals surface area contributed by atoms with Gasteiger partial charge in [0, 0.05) is 26.2 Å². The molecule has 0 saturated heterocycles. The third-order valence-electron chi connectivity index (χ3n) is 3.31. The van der Waals surface area contributed by atoms with Gasteiger partial charge in [0.25, 0.3) is 0 Å². The molecule has 2 aromatic rings. The van der Waals surface area contributed by atoms with E-state index in [1.165, 1.54) is 11.3 Å². The minimum absolute atomic E-state index is 0.0538. The van der Waals surface area contributed by atoms with Crippen LogP contribution >= 0.6 is 11.3 Å². The number of amides is 2. The maximum absolute atomic E-state index is 11.9. The van der Waals surface area contributed by atoms with E-state index in [0.29, 0.717) is 16.6 Å². The van der Waals surface area contributed by atoms with Crippen LogP contribution in [0, 0.1) is 0 Å². The lowest BCUT2D eigenvalue weighted by atomic mass is 10.2. The first-order chi connectivity index (χ1) is 12.5. The van der Waals surface area contributed by atoms with Gasteiger partial charge in [-0.15, -0.1) is 10.2 Å². The third-order valence-corrected chi connectivity index (χ3v) is 4.15. The van der Waals surface area contributed by atoms with E-state index < -0.39 is 0 Å². The van der Waals surface area contributed by atoms with Gasteiger partial charge in [0.1, 0.15) is 5.01 Å². The highest BCUT2D eigenvalue weighted by atomic mass is 32.1. The molecule has 0 bridgehead atoms. The molecule has 2 amide bonds. The van der Waals surface area contributed by atoms with Gasteiger partial charge < -0.3 is 10.2 Å². The number of nitrogens with zero attached hydrogens (tertiary/aromatic N) is 4. The van der Waals surface area contributed by atoms with E-state index >= 15 is 0 Å². The summed E-state index contributed by atoms with van der Waals surface area (Å²) in [4.78, 5) is 25.4. The smallest absolute Gasteiger partial charge is 0.247 e. The Bertz CT molecular complexity index is 770. The largest absolute Gasteiger partial charge is 0.378 e. The van der Waals surface area contributed by atoms with Gasteiger partial charge in [-0.1, -0.05) is 30.4 Å². The predicted octanol–water partition coefficient (Wildman–Crippen LogP) is 2.04. The Kier molecular flexibility index (Phi) is 7.22. The molecule has 0 fully saturated rings. The molecule has 8 nitrogen and oxygen atoms in total. The van der Waals surface area contributed by atoms with Crippen LogP contribution in [-0.2, 0) is 16.0 Å². The number of aromatic nitrogens is 2. The molecule has 1 heterocycles. The Balaban J connectivity index is 1.81. The summed E-state index contributed by atoms with van der Waals surface area (Å²) >= 11 is 1.18. The van der Waals surface area contributed by atoms with Gasteiger partial charge in [-0.3, -0.25) is 9.59 Å². The summed E-state index contributed by atoms with van der Waals surface area (Å²) in [6.45, 7) is 1.92. The lowest BCUT2D eigenvalue weighted by Gasteiger charge is -2.11. The SMILES string of the molecule is CCCC(=O)Nc1nnc(CC(=O)NN=Cc2ccc(N(C)C)cc2)s1. The summed E-state index contributed by atoms with van der Waals surface area (Å²) in [5.41, 5.74) is 4.43. The molecule has 0 atom stereocenters. The average molecular weight is 374 g/mol. The van der Waals surface area contributed by atoms with Gasteiger partial charge in [0.15, 0.2) is 0 Å². The second-order valence-corrected chi connectivity index (χ2v) is 6.82. The van der Waals surface area contributed by atoms with Crippen LogP contribution in [-0.4, -0.2) is 42.3 Å². The standard InChI is InChI=1S/C17H22N6O2S/c1-4-5-14(24)19-17-22-21-16(26-17)10-15(25)20-18-11-12-6-8-13(9-7-12)23(2)3/h6-9,11H,4-5,10H2,1-3H3,(H,20,25)(H,19,22,24). The van der Waals surface area contributed by atoms with E-state index in [4.69, 9.17) is 0 Å². The van der Waals surface area contributed by atoms with Crippen LogP contribution in [0.1, 0.15) is 30.3 Å². The predicted molar refractivity (Wildman–Crippen MR) is 104 cm³/mol. The molecule has 2 rings (SSSR count). The first-order valence-corrected chi connectivity index (χ1v) is 9.01. The Morgan fingerprint density at radius 2 is 1.92 bits per heavy atom. The molecule has 0 aliphatic heterocycles. The van der Waals surface area contributed by atoms with Crippen molar-refractivity contribution in [1.29, 1.82) is 0 Å². The van der Waals surface area contributed by atoms with Gasteiger partial charge in [-0.2, -0.15) is 5.10 Å². The van der Waals surface area contributed by atoms with Gasteiger partial charge in [0.2, 0.25) is 16.9 Å². The summed E-state index contributed by atoms with van der Waals surface area (Å²) in [7, 11) is 3.94. The highest BCUT2D eigenvalue weighted by Gasteiger charge is 2.10. The van der Waals surface area contributed by atoms with Crippen molar-refractivity contribution in [3.63, 3.8) is 0 Å². The summed E-state index contributed by atoms with van der Waals surface area (Å²) in [6.07, 6.45) is 2.82. The van der Waals surface area contributed by atoms with E-state index in [2.05, 4.69) is 26.0 Å². The Morgan fingerprint density at radius 3 is 2.58 bits per heavy atom. The van der Waals surface area contributed by atoms with E-state index in [1.54, 1.807) is 6.21 Å². The number of carbonyl (C=O) groups excluding carboxylic acids is 2. The molecular formula is C17H22N6O2S. The number of carbonyl (C=O) groups is 2. The fourth-order valence-electron chi connectivity index (χ4n) is 2.00. The third kappa shape index (κ3) is 6.25. The summed E-state index contributed by atoms with van der Waals surface area (Å²) in [6, 6.07) is 7.78. The molecule has 9 heteroatoms.